The summed E-state index contributed by atoms with van der Waals surface area (Å²) in [6.45, 7) is 3.86. The van der Waals surface area contributed by atoms with Crippen LogP contribution < -0.4 is 0 Å². The molecule has 25 heavy (non-hydrogen) atoms. The number of aromatic nitrogens is 3. The molecule has 0 bridgehead atoms. The van der Waals surface area contributed by atoms with Crippen LogP contribution in [0.5, 0.6) is 0 Å². The van der Waals surface area contributed by atoms with Gasteiger partial charge in [0.25, 0.3) is 0 Å². The Morgan fingerprint density at radius 3 is 2.88 bits per heavy atom. The topological polar surface area (TPSA) is 54.2 Å². The SMILES string of the molecule is OC(c1ccccc1)c1cc2n(n1)CCCN(CCc1cscn1)C2. The van der Waals surface area contributed by atoms with Gasteiger partial charge in [0.15, 0.2) is 0 Å². The average molecular weight is 354 g/mol. The minimum absolute atomic E-state index is 0.663. The second-order valence-corrected chi connectivity index (χ2v) is 7.18. The molecule has 0 fully saturated rings. The van der Waals surface area contributed by atoms with Crippen molar-refractivity contribution >= 4 is 11.3 Å². The van der Waals surface area contributed by atoms with E-state index in [1.807, 2.05) is 35.8 Å². The second kappa shape index (κ2) is 7.47. The zero-order valence-corrected chi connectivity index (χ0v) is 14.9. The molecule has 2 aromatic heterocycles. The first-order chi connectivity index (χ1) is 12.3. The predicted molar refractivity (Wildman–Crippen MR) is 98.4 cm³/mol. The minimum atomic E-state index is -0.663. The number of nitrogens with zero attached hydrogens (tertiary/aromatic N) is 4. The molecule has 0 aliphatic carbocycles. The van der Waals surface area contributed by atoms with E-state index in [1.165, 1.54) is 11.4 Å². The molecule has 1 atom stereocenters. The Morgan fingerprint density at radius 1 is 1.20 bits per heavy atom. The number of fused-ring (bicyclic) bond motifs is 1. The van der Waals surface area contributed by atoms with E-state index in [4.69, 9.17) is 0 Å². The van der Waals surface area contributed by atoms with Gasteiger partial charge in [0, 0.05) is 38.0 Å². The van der Waals surface area contributed by atoms with Crippen LogP contribution in [0.25, 0.3) is 0 Å². The molecule has 0 spiro atoms. The molecule has 0 amide bonds. The fraction of sp³-hybridized carbons (Fsp3) is 0.368. The van der Waals surface area contributed by atoms with Crippen molar-refractivity contribution < 1.29 is 5.11 Å². The molecule has 0 saturated heterocycles. The van der Waals surface area contributed by atoms with E-state index in [1.54, 1.807) is 11.3 Å². The van der Waals surface area contributed by atoms with E-state index < -0.39 is 6.10 Å². The van der Waals surface area contributed by atoms with Gasteiger partial charge in [-0.15, -0.1) is 11.3 Å². The van der Waals surface area contributed by atoms with Gasteiger partial charge < -0.3 is 5.11 Å². The van der Waals surface area contributed by atoms with Gasteiger partial charge in [0.1, 0.15) is 6.10 Å². The highest BCUT2D eigenvalue weighted by Gasteiger charge is 2.20. The van der Waals surface area contributed by atoms with Crippen molar-refractivity contribution in [2.75, 3.05) is 13.1 Å². The number of benzene rings is 1. The van der Waals surface area contributed by atoms with Gasteiger partial charge in [-0.1, -0.05) is 30.3 Å². The van der Waals surface area contributed by atoms with Crippen LogP contribution >= 0.6 is 11.3 Å². The number of aryl methyl sites for hydroxylation is 1. The Morgan fingerprint density at radius 2 is 2.08 bits per heavy atom. The molecule has 1 aromatic carbocycles. The molecule has 4 rings (SSSR count). The standard InChI is InChI=1S/C19H22N4OS/c24-19(15-5-2-1-3-6-15)18-11-17-12-22(8-4-9-23(17)21-18)10-7-16-13-25-14-20-16/h1-3,5-6,11,13-14,19,24H,4,7-10,12H2. The van der Waals surface area contributed by atoms with Crippen LogP contribution in [0.1, 0.15) is 35.2 Å². The molecule has 3 heterocycles. The highest BCUT2D eigenvalue weighted by Crippen LogP contribution is 2.23. The van der Waals surface area contributed by atoms with Gasteiger partial charge in [-0.05, 0) is 18.1 Å². The molecule has 1 unspecified atom stereocenters. The Bertz CT molecular complexity index is 800. The Labute approximate surface area is 151 Å². The highest BCUT2D eigenvalue weighted by molar-refractivity contribution is 7.07. The monoisotopic (exact) mass is 354 g/mol. The van der Waals surface area contributed by atoms with Gasteiger partial charge >= 0.3 is 0 Å². The second-order valence-electron chi connectivity index (χ2n) is 6.46. The van der Waals surface area contributed by atoms with Crippen LogP contribution in [0.15, 0.2) is 47.3 Å². The predicted octanol–water partition coefficient (Wildman–Crippen LogP) is 2.87. The number of hydrogen-bond acceptors (Lipinski definition) is 5. The van der Waals surface area contributed by atoms with E-state index >= 15 is 0 Å². The Balaban J connectivity index is 1.47. The third kappa shape index (κ3) is 3.81. The van der Waals surface area contributed by atoms with Crippen LogP contribution in [0.3, 0.4) is 0 Å². The van der Waals surface area contributed by atoms with Crippen LogP contribution in [-0.4, -0.2) is 37.9 Å². The number of thiazole rings is 1. The number of hydrogen-bond donors (Lipinski definition) is 1. The van der Waals surface area contributed by atoms with Crippen molar-refractivity contribution in [3.8, 4) is 0 Å². The summed E-state index contributed by atoms with van der Waals surface area (Å²) >= 11 is 1.65. The quantitative estimate of drug-likeness (QED) is 0.765. The lowest BCUT2D eigenvalue weighted by Crippen LogP contribution is -2.25. The molecular weight excluding hydrogens is 332 g/mol. The van der Waals surface area contributed by atoms with Crippen LogP contribution in [0.2, 0.25) is 0 Å². The van der Waals surface area contributed by atoms with Gasteiger partial charge in [-0.3, -0.25) is 9.58 Å². The van der Waals surface area contributed by atoms with Crippen LogP contribution in [0.4, 0.5) is 0 Å². The van der Waals surface area contributed by atoms with Crippen molar-refractivity contribution in [3.05, 3.63) is 69.9 Å². The first-order valence-corrected chi connectivity index (χ1v) is 9.63. The summed E-state index contributed by atoms with van der Waals surface area (Å²) in [5.41, 5.74) is 5.87. The lowest BCUT2D eigenvalue weighted by Gasteiger charge is -2.18. The van der Waals surface area contributed by atoms with Crippen molar-refractivity contribution in [2.24, 2.45) is 0 Å². The maximum absolute atomic E-state index is 10.6. The summed E-state index contributed by atoms with van der Waals surface area (Å²) in [6.07, 6.45) is 1.40. The Hall–Kier alpha value is -2.02. The highest BCUT2D eigenvalue weighted by atomic mass is 32.1. The fourth-order valence-corrected chi connectivity index (χ4v) is 3.91. The lowest BCUT2D eigenvalue weighted by atomic mass is 10.1. The lowest BCUT2D eigenvalue weighted by molar-refractivity contribution is 0.213. The average Bonchev–Trinajstić information content (AvgIpc) is 3.26. The van der Waals surface area contributed by atoms with E-state index in [0.717, 1.165) is 50.3 Å². The smallest absolute Gasteiger partial charge is 0.123 e. The summed E-state index contributed by atoms with van der Waals surface area (Å²) in [5, 5.41) is 17.4. The molecule has 1 aliphatic heterocycles. The van der Waals surface area contributed by atoms with E-state index in [-0.39, 0.29) is 0 Å². The third-order valence-electron chi connectivity index (χ3n) is 4.68. The minimum Gasteiger partial charge on any atom is -0.382 e. The fourth-order valence-electron chi connectivity index (χ4n) is 3.32. The zero-order chi connectivity index (χ0) is 17.1. The summed E-state index contributed by atoms with van der Waals surface area (Å²) in [6, 6.07) is 11.8. The van der Waals surface area contributed by atoms with E-state index in [9.17, 15) is 5.11 Å². The molecule has 6 heteroatoms. The summed E-state index contributed by atoms with van der Waals surface area (Å²) < 4.78 is 2.06. The summed E-state index contributed by atoms with van der Waals surface area (Å²) in [5.74, 6) is 0. The molecule has 3 aromatic rings. The van der Waals surface area contributed by atoms with Gasteiger partial charge in [0.2, 0.25) is 0 Å². The van der Waals surface area contributed by atoms with Crippen molar-refractivity contribution in [2.45, 2.75) is 32.0 Å². The summed E-state index contributed by atoms with van der Waals surface area (Å²) in [4.78, 5) is 6.83. The van der Waals surface area contributed by atoms with Crippen LogP contribution in [0, 0.1) is 0 Å². The molecule has 1 N–H and O–H groups in total. The first kappa shape index (κ1) is 16.4. The van der Waals surface area contributed by atoms with E-state index in [0.29, 0.717) is 0 Å². The normalized spacial score (nSPS) is 16.4. The van der Waals surface area contributed by atoms with Gasteiger partial charge in [0.05, 0.1) is 22.6 Å². The maximum atomic E-state index is 10.6. The molecular formula is C19H22N4OS. The molecule has 0 radical (unpaired) electrons. The largest absolute Gasteiger partial charge is 0.382 e. The van der Waals surface area contributed by atoms with Gasteiger partial charge in [-0.2, -0.15) is 5.10 Å². The van der Waals surface area contributed by atoms with Crippen molar-refractivity contribution in [3.63, 3.8) is 0 Å². The molecule has 0 saturated carbocycles. The number of rotatable bonds is 5. The van der Waals surface area contributed by atoms with Crippen LogP contribution in [-0.2, 0) is 19.5 Å². The van der Waals surface area contributed by atoms with Crippen molar-refractivity contribution in [1.29, 1.82) is 0 Å². The van der Waals surface area contributed by atoms with Crippen molar-refractivity contribution in [1.82, 2.24) is 19.7 Å². The number of aliphatic hydroxyl groups excluding tert-OH is 1. The Kier molecular flexibility index (Phi) is 4.92. The number of aliphatic hydroxyl groups is 1. The zero-order valence-electron chi connectivity index (χ0n) is 14.1. The first-order valence-electron chi connectivity index (χ1n) is 8.68. The summed E-state index contributed by atoms with van der Waals surface area (Å²) in [7, 11) is 0. The third-order valence-corrected chi connectivity index (χ3v) is 5.31. The molecule has 130 valence electrons. The maximum Gasteiger partial charge on any atom is 0.123 e. The molecule has 5 nitrogen and oxygen atoms in total. The van der Waals surface area contributed by atoms with E-state index in [2.05, 4.69) is 31.1 Å². The molecule has 1 aliphatic rings. The van der Waals surface area contributed by atoms with Gasteiger partial charge in [-0.25, -0.2) is 4.98 Å².